The third kappa shape index (κ3) is 4.25. The molecule has 1 fully saturated rings. The molecule has 2 aromatic carbocycles. The number of halogens is 2. The molecule has 8 nitrogen and oxygen atoms in total. The lowest BCUT2D eigenvalue weighted by Crippen LogP contribution is -2.41. The number of fused-ring (bicyclic) bond motifs is 1. The van der Waals surface area contributed by atoms with Crippen molar-refractivity contribution in [3.63, 3.8) is 0 Å². The first-order valence-electron chi connectivity index (χ1n) is 12.1. The number of primary amides is 1. The van der Waals surface area contributed by atoms with E-state index >= 15 is 4.39 Å². The van der Waals surface area contributed by atoms with Gasteiger partial charge < -0.3 is 10.5 Å². The molecule has 2 amide bonds. The quantitative estimate of drug-likeness (QED) is 0.287. The molecule has 39 heavy (non-hydrogen) atoms. The Balaban J connectivity index is 1.38. The van der Waals surface area contributed by atoms with E-state index in [9.17, 15) is 14.0 Å². The minimum atomic E-state index is -1.37. The van der Waals surface area contributed by atoms with Crippen LogP contribution in [0.2, 0.25) is 0 Å². The topological polar surface area (TPSA) is 103 Å². The van der Waals surface area contributed by atoms with Crippen LogP contribution < -0.4 is 15.4 Å². The van der Waals surface area contributed by atoms with E-state index in [0.717, 1.165) is 17.2 Å². The highest BCUT2D eigenvalue weighted by molar-refractivity contribution is 6.16. The summed E-state index contributed by atoms with van der Waals surface area (Å²) < 4.78 is 36.8. The zero-order valence-corrected chi connectivity index (χ0v) is 20.4. The molecule has 1 saturated carbocycles. The second-order valence-corrected chi connectivity index (χ2v) is 9.23. The fourth-order valence-corrected chi connectivity index (χ4v) is 4.57. The van der Waals surface area contributed by atoms with Crippen molar-refractivity contribution in [2.24, 2.45) is 11.1 Å². The highest BCUT2D eigenvalue weighted by Gasteiger charge is 2.57. The van der Waals surface area contributed by atoms with Gasteiger partial charge in [-0.1, -0.05) is 0 Å². The second-order valence-electron chi connectivity index (χ2n) is 9.23. The van der Waals surface area contributed by atoms with E-state index < -0.39 is 28.9 Å². The number of nitrogens with zero attached hydrogens (tertiary/aromatic N) is 4. The number of carbonyl (C=O) groups excluding carboxylic acids is 2. The zero-order valence-electron chi connectivity index (χ0n) is 20.4. The number of ether oxygens (including phenoxy) is 1. The summed E-state index contributed by atoms with van der Waals surface area (Å²) in [4.78, 5) is 30.8. The van der Waals surface area contributed by atoms with Crippen LogP contribution in [-0.2, 0) is 9.59 Å². The summed E-state index contributed by atoms with van der Waals surface area (Å²) in [7, 11) is 0. The number of hydrogen-bond donors (Lipinski definition) is 1. The van der Waals surface area contributed by atoms with Crippen molar-refractivity contribution in [3.8, 4) is 22.6 Å². The molecule has 0 unspecified atom stereocenters. The van der Waals surface area contributed by atoms with Gasteiger partial charge in [0, 0.05) is 42.0 Å². The van der Waals surface area contributed by atoms with Crippen LogP contribution in [0.3, 0.4) is 0 Å². The molecule has 0 radical (unpaired) electrons. The van der Waals surface area contributed by atoms with Crippen LogP contribution in [0.4, 0.5) is 20.2 Å². The number of carbonyl (C=O) groups is 2. The van der Waals surface area contributed by atoms with Crippen LogP contribution in [0, 0.1) is 17.0 Å². The Labute approximate surface area is 221 Å². The minimum absolute atomic E-state index is 0.0868. The molecule has 0 spiro atoms. The number of amides is 2. The number of anilines is 2. The lowest BCUT2D eigenvalue weighted by Gasteiger charge is -2.26. The van der Waals surface area contributed by atoms with Crippen LogP contribution in [0.1, 0.15) is 12.8 Å². The number of hydrogen-bond acceptors (Lipinski definition) is 5. The molecule has 0 atom stereocenters. The van der Waals surface area contributed by atoms with Crippen molar-refractivity contribution >= 4 is 28.7 Å². The van der Waals surface area contributed by atoms with Crippen molar-refractivity contribution in [2.45, 2.75) is 12.8 Å². The zero-order chi connectivity index (χ0) is 27.1. The van der Waals surface area contributed by atoms with Crippen molar-refractivity contribution in [2.75, 3.05) is 4.90 Å². The van der Waals surface area contributed by atoms with Gasteiger partial charge in [-0.15, -0.1) is 0 Å². The number of aromatic nitrogens is 3. The van der Waals surface area contributed by atoms with Gasteiger partial charge in [0.2, 0.25) is 11.8 Å². The average Bonchev–Trinajstić information content (AvgIpc) is 3.65. The third-order valence-electron chi connectivity index (χ3n) is 6.82. The normalized spacial score (nSPS) is 13.7. The van der Waals surface area contributed by atoms with Crippen molar-refractivity contribution in [1.29, 1.82) is 0 Å². The Bertz CT molecular complexity index is 1720. The van der Waals surface area contributed by atoms with Gasteiger partial charge in [-0.2, -0.15) is 5.10 Å². The van der Waals surface area contributed by atoms with Gasteiger partial charge >= 0.3 is 0 Å². The van der Waals surface area contributed by atoms with Crippen molar-refractivity contribution in [1.82, 2.24) is 14.6 Å². The molecule has 0 bridgehead atoms. The molecular formula is C29H21F2N5O3. The minimum Gasteiger partial charge on any atom is -0.452 e. The largest absolute Gasteiger partial charge is 0.452 e. The fourth-order valence-electron chi connectivity index (χ4n) is 4.57. The van der Waals surface area contributed by atoms with Crippen LogP contribution in [0.5, 0.6) is 11.5 Å². The molecule has 3 aromatic heterocycles. The van der Waals surface area contributed by atoms with E-state index in [-0.39, 0.29) is 30.0 Å². The van der Waals surface area contributed by atoms with Crippen molar-refractivity contribution < 1.29 is 23.1 Å². The van der Waals surface area contributed by atoms with E-state index in [1.807, 2.05) is 18.2 Å². The standard InChI is InChI=1S/C29H21F2N5O3/c30-19-1-3-20(4-2-19)36(28(38)29(11-12-29)27(32)37)21-5-6-24(23(31)17-21)39-25-9-15-34-35-16-10-22(26(25)35)18-7-13-33-14-8-18/h1-10,13-17H,11-12H2,(H2,32,37). The lowest BCUT2D eigenvalue weighted by molar-refractivity contribution is -0.133. The average molecular weight is 526 g/mol. The van der Waals surface area contributed by atoms with E-state index in [0.29, 0.717) is 11.3 Å². The first-order valence-corrected chi connectivity index (χ1v) is 12.1. The van der Waals surface area contributed by atoms with Gasteiger partial charge in [0.05, 0.1) is 11.9 Å². The molecule has 1 aliphatic carbocycles. The van der Waals surface area contributed by atoms with Crippen LogP contribution >= 0.6 is 0 Å². The highest BCUT2D eigenvalue weighted by Crippen LogP contribution is 2.49. The summed E-state index contributed by atoms with van der Waals surface area (Å²) in [6, 6.07) is 16.4. The Kier molecular flexibility index (Phi) is 5.79. The molecule has 2 N–H and O–H groups in total. The predicted molar refractivity (Wildman–Crippen MR) is 139 cm³/mol. The van der Waals surface area contributed by atoms with Crippen LogP contribution in [0.25, 0.3) is 16.6 Å². The number of pyridine rings is 1. The molecule has 6 rings (SSSR count). The van der Waals surface area contributed by atoms with E-state index in [1.54, 1.807) is 35.4 Å². The summed E-state index contributed by atoms with van der Waals surface area (Å²) in [5.41, 5.74) is 6.92. The Morgan fingerprint density at radius 3 is 2.28 bits per heavy atom. The smallest absolute Gasteiger partial charge is 0.247 e. The molecule has 0 saturated heterocycles. The fraction of sp³-hybridized carbons (Fsp3) is 0.103. The Hall–Kier alpha value is -5.12. The lowest BCUT2D eigenvalue weighted by atomic mass is 10.0. The monoisotopic (exact) mass is 525 g/mol. The Morgan fingerprint density at radius 2 is 1.62 bits per heavy atom. The first kappa shape index (κ1) is 24.2. The SMILES string of the molecule is NC(=O)C1(C(=O)N(c2ccc(F)cc2)c2ccc(Oc3ccnn4ccc(-c5ccncc5)c34)c(F)c2)CC1. The molecule has 5 aromatic rings. The third-order valence-corrected chi connectivity index (χ3v) is 6.82. The first-order chi connectivity index (χ1) is 18.9. The number of benzene rings is 2. The number of nitrogens with two attached hydrogens (primary N) is 1. The number of rotatable bonds is 7. The maximum absolute atomic E-state index is 15.5. The summed E-state index contributed by atoms with van der Waals surface area (Å²) in [6.45, 7) is 0. The maximum Gasteiger partial charge on any atom is 0.247 e. The van der Waals surface area contributed by atoms with Crippen molar-refractivity contribution in [3.05, 3.63) is 103 Å². The van der Waals surface area contributed by atoms with Gasteiger partial charge in [0.15, 0.2) is 17.3 Å². The molecule has 0 aliphatic heterocycles. The summed E-state index contributed by atoms with van der Waals surface area (Å²) in [6.07, 6.45) is 7.24. The molecule has 194 valence electrons. The van der Waals surface area contributed by atoms with E-state index in [2.05, 4.69) is 10.1 Å². The molecule has 1 aliphatic rings. The highest BCUT2D eigenvalue weighted by atomic mass is 19.1. The Morgan fingerprint density at radius 1 is 0.897 bits per heavy atom. The summed E-state index contributed by atoms with van der Waals surface area (Å²) in [5, 5.41) is 4.31. The summed E-state index contributed by atoms with van der Waals surface area (Å²) in [5.74, 6) is -2.32. The molecule has 10 heteroatoms. The van der Waals surface area contributed by atoms with E-state index in [4.69, 9.17) is 10.5 Å². The van der Waals surface area contributed by atoms with Crippen LogP contribution in [0.15, 0.2) is 91.5 Å². The van der Waals surface area contributed by atoms with Gasteiger partial charge in [-0.25, -0.2) is 13.3 Å². The van der Waals surface area contributed by atoms with Crippen LogP contribution in [-0.4, -0.2) is 26.4 Å². The summed E-state index contributed by atoms with van der Waals surface area (Å²) >= 11 is 0. The van der Waals surface area contributed by atoms with Gasteiger partial charge in [-0.3, -0.25) is 19.5 Å². The van der Waals surface area contributed by atoms with Gasteiger partial charge in [0.1, 0.15) is 16.7 Å². The maximum atomic E-state index is 15.5. The molecule has 3 heterocycles. The second kappa shape index (κ2) is 9.32. The molecular weight excluding hydrogens is 504 g/mol. The van der Waals surface area contributed by atoms with Gasteiger partial charge in [0.25, 0.3) is 0 Å². The van der Waals surface area contributed by atoms with E-state index in [1.165, 1.54) is 41.3 Å². The van der Waals surface area contributed by atoms with Gasteiger partial charge in [-0.05, 0) is 73.0 Å². The predicted octanol–water partition coefficient (Wildman–Crippen LogP) is 5.40.